The van der Waals surface area contributed by atoms with Crippen LogP contribution in [0.4, 0.5) is 5.95 Å². The first-order chi connectivity index (χ1) is 12.3. The predicted molar refractivity (Wildman–Crippen MR) is 85.9 cm³/mol. The third-order valence-electron chi connectivity index (χ3n) is 4.85. The summed E-state index contributed by atoms with van der Waals surface area (Å²) in [6.07, 6.45) is -3.15. The summed E-state index contributed by atoms with van der Waals surface area (Å²) < 4.78 is 6.91. The molecule has 1 saturated heterocycles. The van der Waals surface area contributed by atoms with Gasteiger partial charge in [-0.05, 0) is 18.8 Å². The molecule has 1 saturated carbocycles. The van der Waals surface area contributed by atoms with Crippen molar-refractivity contribution in [2.45, 2.75) is 43.6 Å². The average Bonchev–Trinajstić information content (AvgIpc) is 3.31. The first-order valence-electron chi connectivity index (χ1n) is 8.16. The van der Waals surface area contributed by atoms with Gasteiger partial charge in [-0.2, -0.15) is 4.98 Å². The van der Waals surface area contributed by atoms with Crippen LogP contribution in [0.25, 0.3) is 11.2 Å². The fourth-order valence-corrected chi connectivity index (χ4v) is 3.31. The van der Waals surface area contributed by atoms with Gasteiger partial charge in [0, 0.05) is 6.54 Å². The van der Waals surface area contributed by atoms with E-state index in [-0.39, 0.29) is 29.6 Å². The summed E-state index contributed by atoms with van der Waals surface area (Å²) in [7, 11) is 0. The highest BCUT2D eigenvalue weighted by atomic mass is 16.7. The van der Waals surface area contributed by atoms with Crippen molar-refractivity contribution in [3.05, 3.63) is 20.8 Å². The van der Waals surface area contributed by atoms with Gasteiger partial charge >= 0.3 is 5.69 Å². The molecule has 2 aromatic heterocycles. The number of rotatable bonds is 4. The summed E-state index contributed by atoms with van der Waals surface area (Å²) in [4.78, 5) is 31.5. The monoisotopic (exact) mass is 369 g/mol. The Morgan fingerprint density at radius 1 is 1.35 bits per heavy atom. The van der Waals surface area contributed by atoms with Crippen LogP contribution in [-0.2, 0) is 17.2 Å². The Bertz CT molecular complexity index is 976. The van der Waals surface area contributed by atoms with E-state index in [2.05, 4.69) is 9.97 Å². The van der Waals surface area contributed by atoms with Crippen LogP contribution in [0.5, 0.6) is 0 Å². The lowest BCUT2D eigenvalue weighted by molar-refractivity contribution is -0.288. The zero-order valence-electron chi connectivity index (χ0n) is 13.6. The van der Waals surface area contributed by atoms with Crippen LogP contribution < -0.4 is 17.0 Å². The van der Waals surface area contributed by atoms with Crippen LogP contribution >= 0.6 is 0 Å². The Morgan fingerprint density at radius 3 is 2.62 bits per heavy atom. The largest absolute Gasteiger partial charge is 0.394 e. The molecular weight excluding hydrogens is 350 g/mol. The number of ether oxygens (including phenoxy) is 1. The Balaban J connectivity index is 1.99. The van der Waals surface area contributed by atoms with Crippen LogP contribution in [0, 0.1) is 5.92 Å². The van der Waals surface area contributed by atoms with E-state index < -0.39 is 42.1 Å². The van der Waals surface area contributed by atoms with Gasteiger partial charge in [0.15, 0.2) is 17.3 Å². The number of nitrogens with one attached hydrogen (secondary N) is 1. The summed E-state index contributed by atoms with van der Waals surface area (Å²) in [5, 5.41) is 40.3. The van der Waals surface area contributed by atoms with Gasteiger partial charge in [0.05, 0.1) is 6.61 Å². The van der Waals surface area contributed by atoms with Crippen molar-refractivity contribution < 1.29 is 25.2 Å². The van der Waals surface area contributed by atoms with Crippen LogP contribution in [0.3, 0.4) is 0 Å². The van der Waals surface area contributed by atoms with Crippen molar-refractivity contribution in [2.24, 2.45) is 5.92 Å². The number of aliphatic hydroxyl groups is 4. The number of anilines is 1. The fraction of sp³-hybridized carbons (Fsp3) is 0.643. The maximum Gasteiger partial charge on any atom is 0.334 e. The number of H-pyrrole nitrogens is 1. The predicted octanol–water partition coefficient (Wildman–Crippen LogP) is -3.41. The minimum Gasteiger partial charge on any atom is -0.394 e. The van der Waals surface area contributed by atoms with E-state index in [0.717, 1.165) is 17.4 Å². The van der Waals surface area contributed by atoms with Crippen molar-refractivity contribution in [3.8, 4) is 0 Å². The standard InChI is InChI=1S/C14H19N5O7/c15-12-16-10-7(11(23)17-12)18(3-5-1-2-5)13(24)19(10)14(25)9(22)8(21)6(4-20)26-14/h5-6,8-9,20-22,25H,1-4H2,(H3,15,16,17,23)/t6-,8+,9-,14+/m1/s1. The highest BCUT2D eigenvalue weighted by Gasteiger charge is 2.56. The Morgan fingerprint density at radius 2 is 2.04 bits per heavy atom. The number of nitrogen functional groups attached to an aromatic ring is 1. The van der Waals surface area contributed by atoms with Crippen LogP contribution in [0.1, 0.15) is 12.8 Å². The summed E-state index contributed by atoms with van der Waals surface area (Å²) in [5.41, 5.74) is 3.62. The van der Waals surface area contributed by atoms with Gasteiger partial charge in [-0.25, -0.2) is 9.36 Å². The van der Waals surface area contributed by atoms with Gasteiger partial charge in [0.2, 0.25) is 5.95 Å². The molecule has 3 heterocycles. The van der Waals surface area contributed by atoms with Gasteiger partial charge in [0.25, 0.3) is 11.5 Å². The SMILES string of the molecule is Nc1nc2c(c(=O)[nH]1)n(CC1CC1)c(=O)n2[C@@]1(O)O[C@H](CO)[C@H](O)[C@H]1O. The molecule has 0 radical (unpaired) electrons. The molecular formula is C14H19N5O7. The van der Waals surface area contributed by atoms with Crippen LogP contribution in [-0.4, -0.2) is 64.4 Å². The molecule has 1 aliphatic heterocycles. The summed E-state index contributed by atoms with van der Waals surface area (Å²) in [6.45, 7) is -0.471. The van der Waals surface area contributed by atoms with E-state index in [4.69, 9.17) is 10.5 Å². The van der Waals surface area contributed by atoms with E-state index in [1.807, 2.05) is 0 Å². The van der Waals surface area contributed by atoms with Gasteiger partial charge in [-0.1, -0.05) is 0 Å². The van der Waals surface area contributed by atoms with Crippen molar-refractivity contribution in [1.29, 1.82) is 0 Å². The first kappa shape index (κ1) is 17.2. The molecule has 0 aromatic carbocycles. The Labute approximate surface area is 145 Å². The van der Waals surface area contributed by atoms with E-state index in [9.17, 15) is 30.0 Å². The molecule has 0 unspecified atom stereocenters. The molecule has 26 heavy (non-hydrogen) atoms. The summed E-state index contributed by atoms with van der Waals surface area (Å²) >= 11 is 0. The minimum absolute atomic E-state index is 0.123. The van der Waals surface area contributed by atoms with Crippen molar-refractivity contribution >= 4 is 17.1 Å². The molecule has 7 N–H and O–H groups in total. The number of imidazole rings is 1. The number of aliphatic hydroxyl groups excluding tert-OH is 3. The number of hydrogen-bond acceptors (Lipinski definition) is 9. The lowest BCUT2D eigenvalue weighted by Gasteiger charge is -2.26. The van der Waals surface area contributed by atoms with E-state index in [1.54, 1.807) is 0 Å². The second kappa shape index (κ2) is 5.62. The Hall–Kier alpha value is -2.25. The van der Waals surface area contributed by atoms with Crippen molar-refractivity contribution in [3.63, 3.8) is 0 Å². The molecule has 0 bridgehead atoms. The number of aromatic amines is 1. The number of fused-ring (bicyclic) bond motifs is 1. The van der Waals surface area contributed by atoms with Crippen LogP contribution in [0.2, 0.25) is 0 Å². The zero-order valence-corrected chi connectivity index (χ0v) is 13.6. The quantitative estimate of drug-likeness (QED) is 0.319. The highest BCUT2D eigenvalue weighted by molar-refractivity contribution is 5.72. The topological polar surface area (TPSA) is 189 Å². The van der Waals surface area contributed by atoms with E-state index >= 15 is 0 Å². The molecule has 12 heteroatoms. The third-order valence-corrected chi connectivity index (χ3v) is 4.85. The Kier molecular flexibility index (Phi) is 3.71. The molecule has 12 nitrogen and oxygen atoms in total. The fourth-order valence-electron chi connectivity index (χ4n) is 3.31. The maximum atomic E-state index is 13.0. The smallest absolute Gasteiger partial charge is 0.334 e. The van der Waals surface area contributed by atoms with Gasteiger partial charge in [-0.15, -0.1) is 0 Å². The van der Waals surface area contributed by atoms with E-state index in [0.29, 0.717) is 4.57 Å². The second-order valence-corrected chi connectivity index (χ2v) is 6.73. The normalized spacial score (nSPS) is 31.8. The molecule has 2 aliphatic rings. The van der Waals surface area contributed by atoms with Gasteiger partial charge in [-0.3, -0.25) is 14.3 Å². The molecule has 4 rings (SSSR count). The maximum absolute atomic E-state index is 13.0. The molecule has 2 aromatic rings. The van der Waals surface area contributed by atoms with Crippen molar-refractivity contribution in [1.82, 2.24) is 19.1 Å². The second-order valence-electron chi connectivity index (χ2n) is 6.73. The zero-order chi connectivity index (χ0) is 18.8. The molecule has 4 atom stereocenters. The molecule has 0 amide bonds. The lowest BCUT2D eigenvalue weighted by Crippen LogP contribution is -2.50. The minimum atomic E-state index is -2.72. The summed E-state index contributed by atoms with van der Waals surface area (Å²) in [5.74, 6) is -2.80. The average molecular weight is 369 g/mol. The summed E-state index contributed by atoms with van der Waals surface area (Å²) in [6, 6.07) is 0. The van der Waals surface area contributed by atoms with E-state index in [1.165, 1.54) is 0 Å². The molecule has 142 valence electrons. The highest BCUT2D eigenvalue weighted by Crippen LogP contribution is 2.35. The molecule has 2 fully saturated rings. The number of hydrogen-bond donors (Lipinski definition) is 6. The molecule has 0 spiro atoms. The van der Waals surface area contributed by atoms with Gasteiger partial charge < -0.3 is 30.9 Å². The third kappa shape index (κ3) is 2.30. The lowest BCUT2D eigenvalue weighted by atomic mass is 10.1. The van der Waals surface area contributed by atoms with Gasteiger partial charge in [0.1, 0.15) is 12.2 Å². The first-order valence-corrected chi connectivity index (χ1v) is 8.16. The number of nitrogens with zero attached hydrogens (tertiary/aromatic N) is 3. The number of nitrogens with two attached hydrogens (primary N) is 1. The number of aromatic nitrogens is 4. The molecule has 1 aliphatic carbocycles. The van der Waals surface area contributed by atoms with Crippen molar-refractivity contribution in [2.75, 3.05) is 12.3 Å². The van der Waals surface area contributed by atoms with Crippen LogP contribution in [0.15, 0.2) is 9.59 Å².